The van der Waals surface area contributed by atoms with E-state index in [1.807, 2.05) is 68.6 Å². The summed E-state index contributed by atoms with van der Waals surface area (Å²) >= 11 is 0. The molecule has 1 aliphatic rings. The maximum absolute atomic E-state index is 15.2. The number of aromatic nitrogens is 5. The quantitative estimate of drug-likeness (QED) is 0.197. The van der Waals surface area contributed by atoms with Gasteiger partial charge in [-0.25, -0.2) is 14.4 Å². The predicted octanol–water partition coefficient (Wildman–Crippen LogP) is 4.40. The molecule has 1 saturated carbocycles. The van der Waals surface area contributed by atoms with Crippen molar-refractivity contribution in [2.75, 3.05) is 27.5 Å². The van der Waals surface area contributed by atoms with Crippen molar-refractivity contribution in [2.24, 2.45) is 0 Å². The van der Waals surface area contributed by atoms with Crippen molar-refractivity contribution in [3.05, 3.63) is 43.1 Å². The average Bonchev–Trinajstić information content (AvgIpc) is 3.41. The molecule has 0 radical (unpaired) electrons. The number of methoxy groups -OCH3 is 1. The summed E-state index contributed by atoms with van der Waals surface area (Å²) in [5.41, 5.74) is 0.397. The number of carbonyl (C=O) groups is 1. The van der Waals surface area contributed by atoms with Gasteiger partial charge >= 0.3 is 5.97 Å². The highest BCUT2D eigenvalue weighted by Gasteiger charge is 2.40. The summed E-state index contributed by atoms with van der Waals surface area (Å²) in [6, 6.07) is 5.54. The topological polar surface area (TPSA) is 114 Å². The number of halogens is 1. The number of rotatable bonds is 10. The molecule has 4 rings (SSSR count). The maximum atomic E-state index is 15.2. The Kier molecular flexibility index (Phi) is 9.54. The van der Waals surface area contributed by atoms with Crippen LogP contribution in [0.25, 0.3) is 17.1 Å². The molecule has 1 aromatic carbocycles. The SMILES string of the molecule is COCOc1cc(-n2ccnc2)ccc1-c1ncc(O[C@H]2C[C@@](C)(N(C)CC(=O)OC(C)(C)C)CCCC2F)nn1. The first-order valence-electron chi connectivity index (χ1n) is 13.7. The van der Waals surface area contributed by atoms with Gasteiger partial charge in [-0.15, -0.1) is 10.2 Å². The molecule has 2 aromatic heterocycles. The number of hydrogen-bond acceptors (Lipinski definition) is 10. The van der Waals surface area contributed by atoms with E-state index in [0.717, 1.165) is 12.1 Å². The average molecular weight is 571 g/mol. The molecular weight excluding hydrogens is 531 g/mol. The second-order valence-electron chi connectivity index (χ2n) is 11.5. The molecule has 1 fully saturated rings. The van der Waals surface area contributed by atoms with Crippen LogP contribution in [-0.4, -0.2) is 86.5 Å². The first kappa shape index (κ1) is 30.3. The fraction of sp³-hybridized carbons (Fsp3) is 0.552. The van der Waals surface area contributed by atoms with Crippen molar-refractivity contribution in [1.29, 1.82) is 0 Å². The van der Waals surface area contributed by atoms with E-state index in [-0.39, 0.29) is 25.2 Å². The van der Waals surface area contributed by atoms with Gasteiger partial charge in [-0.05, 0) is 66.1 Å². The van der Waals surface area contributed by atoms with Crippen molar-refractivity contribution in [3.8, 4) is 28.7 Å². The lowest BCUT2D eigenvalue weighted by Gasteiger charge is -2.39. The highest BCUT2D eigenvalue weighted by atomic mass is 19.1. The lowest BCUT2D eigenvalue weighted by Crippen LogP contribution is -2.50. The maximum Gasteiger partial charge on any atom is 0.320 e. The van der Waals surface area contributed by atoms with Crippen molar-refractivity contribution in [1.82, 2.24) is 29.6 Å². The molecule has 11 nitrogen and oxygen atoms in total. The summed E-state index contributed by atoms with van der Waals surface area (Å²) in [7, 11) is 3.40. The molecule has 0 saturated heterocycles. The molecule has 1 unspecified atom stereocenters. The Hall–Kier alpha value is -3.64. The van der Waals surface area contributed by atoms with Gasteiger partial charge in [0.1, 0.15) is 23.6 Å². The summed E-state index contributed by atoms with van der Waals surface area (Å²) in [6.45, 7) is 7.66. The lowest BCUT2D eigenvalue weighted by molar-refractivity contribution is -0.157. The molecule has 0 N–H and O–H groups in total. The predicted molar refractivity (Wildman–Crippen MR) is 150 cm³/mol. The molecule has 3 aromatic rings. The van der Waals surface area contributed by atoms with Gasteiger partial charge in [0.15, 0.2) is 12.6 Å². The van der Waals surface area contributed by atoms with Crippen LogP contribution in [0.4, 0.5) is 4.39 Å². The Labute approximate surface area is 240 Å². The Morgan fingerprint density at radius 3 is 2.73 bits per heavy atom. The summed E-state index contributed by atoms with van der Waals surface area (Å²) in [5, 5.41) is 8.45. The molecular formula is C29H39FN6O5. The number of carbonyl (C=O) groups excluding carboxylic acids is 1. The van der Waals surface area contributed by atoms with E-state index in [2.05, 4.69) is 20.2 Å². The molecule has 0 amide bonds. The molecule has 12 heteroatoms. The fourth-order valence-corrected chi connectivity index (χ4v) is 4.85. The van der Waals surface area contributed by atoms with Gasteiger partial charge in [-0.2, -0.15) is 0 Å². The van der Waals surface area contributed by atoms with Crippen molar-refractivity contribution in [2.45, 2.75) is 76.8 Å². The van der Waals surface area contributed by atoms with Gasteiger partial charge in [-0.3, -0.25) is 9.69 Å². The smallest absolute Gasteiger partial charge is 0.320 e. The normalized spacial score (nSPS) is 21.4. The number of nitrogens with zero attached hydrogens (tertiary/aromatic N) is 6. The van der Waals surface area contributed by atoms with E-state index < -0.39 is 23.4 Å². The van der Waals surface area contributed by atoms with E-state index in [9.17, 15) is 4.79 Å². The number of imidazole rings is 1. The van der Waals surface area contributed by atoms with Gasteiger partial charge in [0.25, 0.3) is 5.88 Å². The first-order chi connectivity index (χ1) is 19.5. The molecule has 3 atom stereocenters. The Balaban J connectivity index is 1.48. The number of alkyl halides is 1. The molecule has 1 aliphatic carbocycles. The summed E-state index contributed by atoms with van der Waals surface area (Å²) in [4.78, 5) is 22.9. The van der Waals surface area contributed by atoms with Crippen LogP contribution in [0.1, 0.15) is 53.4 Å². The van der Waals surface area contributed by atoms with Crippen LogP contribution in [0.15, 0.2) is 43.1 Å². The van der Waals surface area contributed by atoms with Crippen molar-refractivity contribution in [3.63, 3.8) is 0 Å². The third kappa shape index (κ3) is 7.98. The van der Waals surface area contributed by atoms with Gasteiger partial charge in [0.2, 0.25) is 0 Å². The zero-order valence-corrected chi connectivity index (χ0v) is 24.5. The third-order valence-electron chi connectivity index (χ3n) is 7.10. The Bertz CT molecular complexity index is 1280. The van der Waals surface area contributed by atoms with Crippen LogP contribution in [0, 0.1) is 0 Å². The van der Waals surface area contributed by atoms with E-state index in [1.165, 1.54) is 13.3 Å². The fourth-order valence-electron chi connectivity index (χ4n) is 4.85. The second kappa shape index (κ2) is 12.9. The largest absolute Gasteiger partial charge is 0.469 e. The minimum absolute atomic E-state index is 0.0374. The Morgan fingerprint density at radius 1 is 1.27 bits per heavy atom. The lowest BCUT2D eigenvalue weighted by atomic mass is 9.89. The van der Waals surface area contributed by atoms with Gasteiger partial charge in [0, 0.05) is 37.5 Å². The van der Waals surface area contributed by atoms with Crippen LogP contribution in [-0.2, 0) is 14.3 Å². The minimum atomic E-state index is -1.20. The monoisotopic (exact) mass is 570 g/mol. The number of ether oxygens (including phenoxy) is 4. The van der Waals surface area contributed by atoms with Gasteiger partial charge < -0.3 is 23.5 Å². The van der Waals surface area contributed by atoms with Gasteiger partial charge in [-0.1, -0.05) is 0 Å². The van der Waals surface area contributed by atoms with Crippen LogP contribution < -0.4 is 9.47 Å². The van der Waals surface area contributed by atoms with Crippen molar-refractivity contribution >= 4 is 5.97 Å². The van der Waals surface area contributed by atoms with Crippen LogP contribution >= 0.6 is 0 Å². The third-order valence-corrected chi connectivity index (χ3v) is 7.10. The van der Waals surface area contributed by atoms with Crippen LogP contribution in [0.3, 0.4) is 0 Å². The number of likely N-dealkylation sites (N-methyl/N-ethyl adjacent to an activating group) is 1. The van der Waals surface area contributed by atoms with Crippen molar-refractivity contribution < 1.29 is 28.1 Å². The highest BCUT2D eigenvalue weighted by molar-refractivity contribution is 5.72. The standard InChI is InChI=1S/C29H39FN6O5/c1-28(2,3)41-26(37)17-35(5)29(4)11-7-8-22(30)24(15-29)40-25-16-32-27(34-33-25)21-10-9-20(36-13-12-31-18-36)14-23(21)39-19-38-6/h9-10,12-14,16,18,22,24H,7-8,11,15,17,19H2,1-6H3/t22?,24-,29-/m0/s1. The highest BCUT2D eigenvalue weighted by Crippen LogP contribution is 2.35. The van der Waals surface area contributed by atoms with E-state index >= 15 is 4.39 Å². The summed E-state index contributed by atoms with van der Waals surface area (Å²) in [6.07, 6.45) is 6.76. The summed E-state index contributed by atoms with van der Waals surface area (Å²) < 4.78 is 39.4. The molecule has 0 spiro atoms. The zero-order chi connectivity index (χ0) is 29.6. The second-order valence-corrected chi connectivity index (χ2v) is 11.5. The molecule has 41 heavy (non-hydrogen) atoms. The Morgan fingerprint density at radius 2 is 2.07 bits per heavy atom. The van der Waals surface area contributed by atoms with E-state index in [4.69, 9.17) is 18.9 Å². The molecule has 2 heterocycles. The van der Waals surface area contributed by atoms with E-state index in [0.29, 0.717) is 36.4 Å². The van der Waals surface area contributed by atoms with Crippen LogP contribution in [0.2, 0.25) is 0 Å². The van der Waals surface area contributed by atoms with Crippen LogP contribution in [0.5, 0.6) is 11.6 Å². The van der Waals surface area contributed by atoms with E-state index in [1.54, 1.807) is 12.5 Å². The number of benzene rings is 1. The summed E-state index contributed by atoms with van der Waals surface area (Å²) in [5.74, 6) is 0.622. The number of hydrogen-bond donors (Lipinski definition) is 0. The van der Waals surface area contributed by atoms with Gasteiger partial charge in [0.05, 0.1) is 30.3 Å². The molecule has 222 valence electrons. The molecule has 0 aliphatic heterocycles. The first-order valence-corrected chi connectivity index (χ1v) is 13.7. The zero-order valence-electron chi connectivity index (χ0n) is 24.5. The number of esters is 1. The molecule has 0 bridgehead atoms. The minimum Gasteiger partial charge on any atom is -0.469 e.